The minimum Gasteiger partial charge on any atom is -0.497 e. The quantitative estimate of drug-likeness (QED) is 0.407. The Labute approximate surface area is 199 Å². The summed E-state index contributed by atoms with van der Waals surface area (Å²) in [5.41, 5.74) is 1.58. The number of carbonyl (C=O) groups excluding carboxylic acids is 2. The molecule has 0 radical (unpaired) electrons. The Morgan fingerprint density at radius 2 is 2.06 bits per heavy atom. The van der Waals surface area contributed by atoms with Crippen LogP contribution in [0.1, 0.15) is 37.1 Å². The van der Waals surface area contributed by atoms with Crippen LogP contribution in [0.3, 0.4) is 0 Å². The fourth-order valence-corrected chi connectivity index (χ4v) is 5.97. The van der Waals surface area contributed by atoms with Gasteiger partial charge in [-0.05, 0) is 57.2 Å². The zero-order chi connectivity index (χ0) is 23.5. The van der Waals surface area contributed by atoms with E-state index >= 15 is 0 Å². The van der Waals surface area contributed by atoms with Crippen molar-refractivity contribution in [1.29, 1.82) is 0 Å². The van der Waals surface area contributed by atoms with E-state index in [0.29, 0.717) is 26.8 Å². The number of nitrogens with zero attached hydrogens (tertiary/aromatic N) is 2. The third-order valence-electron chi connectivity index (χ3n) is 5.27. The molecule has 0 unspecified atom stereocenters. The number of carbonyl (C=O) groups is 2. The van der Waals surface area contributed by atoms with Gasteiger partial charge in [0.25, 0.3) is 5.56 Å². The van der Waals surface area contributed by atoms with E-state index < -0.39 is 11.9 Å². The maximum absolute atomic E-state index is 13.7. The first-order chi connectivity index (χ1) is 15.9. The minimum atomic E-state index is -0.546. The molecule has 0 atom stereocenters. The lowest BCUT2D eigenvalue weighted by Gasteiger charge is -2.14. The number of imide groups is 1. The monoisotopic (exact) mass is 486 g/mol. The van der Waals surface area contributed by atoms with E-state index in [0.717, 1.165) is 43.0 Å². The predicted molar refractivity (Wildman–Crippen MR) is 131 cm³/mol. The largest absolute Gasteiger partial charge is 0.497 e. The summed E-state index contributed by atoms with van der Waals surface area (Å²) in [7, 11) is 1.57. The van der Waals surface area contributed by atoms with Crippen LogP contribution >= 0.6 is 23.1 Å². The highest BCUT2D eigenvalue weighted by atomic mass is 32.2. The zero-order valence-electron chi connectivity index (χ0n) is 18.8. The van der Waals surface area contributed by atoms with Gasteiger partial charge in [0.05, 0.1) is 23.9 Å². The molecule has 1 aliphatic rings. The van der Waals surface area contributed by atoms with Crippen molar-refractivity contribution in [3.8, 4) is 11.4 Å². The molecule has 0 aliphatic heterocycles. The smallest absolute Gasteiger partial charge is 0.321 e. The first-order valence-electron chi connectivity index (χ1n) is 10.8. The summed E-state index contributed by atoms with van der Waals surface area (Å²) in [5, 5.41) is 6.00. The molecule has 3 aromatic rings. The molecule has 0 saturated heterocycles. The van der Waals surface area contributed by atoms with Gasteiger partial charge < -0.3 is 10.1 Å². The molecule has 2 N–H and O–H groups in total. The molecule has 2 aromatic heterocycles. The van der Waals surface area contributed by atoms with E-state index in [2.05, 4.69) is 10.6 Å². The first kappa shape index (κ1) is 23.3. The van der Waals surface area contributed by atoms with Crippen LogP contribution in [0.25, 0.3) is 15.9 Å². The number of thioether (sulfide) groups is 1. The van der Waals surface area contributed by atoms with Gasteiger partial charge in [-0.1, -0.05) is 17.8 Å². The van der Waals surface area contributed by atoms with Crippen LogP contribution in [-0.4, -0.2) is 40.4 Å². The lowest BCUT2D eigenvalue weighted by molar-refractivity contribution is -0.117. The van der Waals surface area contributed by atoms with Gasteiger partial charge in [0.15, 0.2) is 5.16 Å². The summed E-state index contributed by atoms with van der Waals surface area (Å²) < 4.78 is 6.88. The number of methoxy groups -OCH3 is 1. The number of hydrogen-bond donors (Lipinski definition) is 2. The van der Waals surface area contributed by atoms with Crippen LogP contribution in [0, 0.1) is 0 Å². The molecular formula is C23H26N4O4S2. The van der Waals surface area contributed by atoms with Crippen molar-refractivity contribution in [2.75, 3.05) is 12.9 Å². The number of aryl methyl sites for hydroxylation is 2. The Bertz CT molecular complexity index is 1270. The maximum Gasteiger partial charge on any atom is 0.321 e. The van der Waals surface area contributed by atoms with Gasteiger partial charge in [0.2, 0.25) is 5.91 Å². The second-order valence-corrected chi connectivity index (χ2v) is 10.1. The Morgan fingerprint density at radius 3 is 2.82 bits per heavy atom. The third-order valence-corrected chi connectivity index (χ3v) is 7.40. The van der Waals surface area contributed by atoms with Crippen LogP contribution in [-0.2, 0) is 17.6 Å². The van der Waals surface area contributed by atoms with E-state index in [1.807, 2.05) is 26.0 Å². The van der Waals surface area contributed by atoms with Crippen molar-refractivity contribution < 1.29 is 14.3 Å². The first-order valence-corrected chi connectivity index (χ1v) is 12.6. The van der Waals surface area contributed by atoms with Gasteiger partial charge in [0.1, 0.15) is 10.6 Å². The molecule has 0 spiro atoms. The lowest BCUT2D eigenvalue weighted by Crippen LogP contribution is -2.43. The third kappa shape index (κ3) is 5.06. The minimum absolute atomic E-state index is 0.0570. The fraction of sp³-hybridized carbons (Fsp3) is 0.391. The summed E-state index contributed by atoms with van der Waals surface area (Å²) >= 11 is 2.69. The summed E-state index contributed by atoms with van der Waals surface area (Å²) in [5.74, 6) is 0.0967. The average Bonchev–Trinajstić information content (AvgIpc) is 3.15. The Hall–Kier alpha value is -2.85. The Kier molecular flexibility index (Phi) is 7.04. The summed E-state index contributed by atoms with van der Waals surface area (Å²) in [6.07, 6.45) is 4.02. The van der Waals surface area contributed by atoms with Gasteiger partial charge >= 0.3 is 6.03 Å². The molecular weight excluding hydrogens is 460 g/mol. The van der Waals surface area contributed by atoms with Crippen molar-refractivity contribution in [3.63, 3.8) is 0 Å². The molecule has 3 amide bonds. The highest BCUT2D eigenvalue weighted by molar-refractivity contribution is 7.99. The Morgan fingerprint density at radius 1 is 1.27 bits per heavy atom. The van der Waals surface area contributed by atoms with E-state index in [9.17, 15) is 14.4 Å². The number of thiophene rings is 1. The number of rotatable bonds is 6. The summed E-state index contributed by atoms with van der Waals surface area (Å²) in [4.78, 5) is 44.6. The second-order valence-electron chi connectivity index (χ2n) is 8.09. The number of benzene rings is 1. The molecule has 2 heterocycles. The van der Waals surface area contributed by atoms with Crippen LogP contribution in [0.4, 0.5) is 4.79 Å². The van der Waals surface area contributed by atoms with Gasteiger partial charge in [-0.15, -0.1) is 11.3 Å². The van der Waals surface area contributed by atoms with Crippen molar-refractivity contribution in [2.45, 2.75) is 50.7 Å². The highest BCUT2D eigenvalue weighted by Crippen LogP contribution is 2.35. The molecule has 1 aromatic carbocycles. The number of nitrogens with one attached hydrogen (secondary N) is 2. The topological polar surface area (TPSA) is 102 Å². The zero-order valence-corrected chi connectivity index (χ0v) is 20.4. The number of hydrogen-bond acceptors (Lipinski definition) is 7. The molecule has 8 nitrogen and oxygen atoms in total. The molecule has 0 fully saturated rings. The normalized spacial score (nSPS) is 13.1. The molecule has 33 heavy (non-hydrogen) atoms. The van der Waals surface area contributed by atoms with Crippen molar-refractivity contribution in [2.24, 2.45) is 0 Å². The highest BCUT2D eigenvalue weighted by Gasteiger charge is 2.23. The standard InChI is InChI=1S/C23H26N4O4S2/c1-13(2)24-22(30)25-18(28)12-32-23-26-20-19(16-9-4-5-10-17(16)33-20)21(29)27(23)14-7-6-8-15(11-14)31-3/h6-8,11,13H,4-5,9-10,12H2,1-3H3,(H2,24,25,28,30). The molecule has 0 saturated carbocycles. The molecule has 0 bridgehead atoms. The number of amides is 3. The second kappa shape index (κ2) is 9.96. The summed E-state index contributed by atoms with van der Waals surface area (Å²) in [6, 6.07) is 6.57. The van der Waals surface area contributed by atoms with Crippen LogP contribution in [0.5, 0.6) is 5.75 Å². The molecule has 4 rings (SSSR count). The lowest BCUT2D eigenvalue weighted by atomic mass is 9.97. The van der Waals surface area contributed by atoms with Gasteiger partial charge in [0, 0.05) is 17.0 Å². The van der Waals surface area contributed by atoms with Crippen LogP contribution in [0.15, 0.2) is 34.2 Å². The van der Waals surface area contributed by atoms with Crippen molar-refractivity contribution in [3.05, 3.63) is 45.1 Å². The number of fused-ring (bicyclic) bond motifs is 3. The maximum atomic E-state index is 13.7. The summed E-state index contributed by atoms with van der Waals surface area (Å²) in [6.45, 7) is 3.62. The van der Waals surface area contributed by atoms with Crippen LogP contribution < -0.4 is 20.9 Å². The molecule has 1 aliphatic carbocycles. The van der Waals surface area contributed by atoms with E-state index in [-0.39, 0.29) is 17.4 Å². The van der Waals surface area contributed by atoms with E-state index in [4.69, 9.17) is 9.72 Å². The SMILES string of the molecule is COc1cccc(-n2c(SCC(=O)NC(=O)NC(C)C)nc3sc4c(c3c2=O)CCCC4)c1. The Balaban J connectivity index is 1.73. The molecule has 10 heteroatoms. The van der Waals surface area contributed by atoms with Crippen molar-refractivity contribution >= 4 is 45.3 Å². The van der Waals surface area contributed by atoms with Crippen molar-refractivity contribution in [1.82, 2.24) is 20.2 Å². The van der Waals surface area contributed by atoms with E-state index in [1.54, 1.807) is 35.1 Å². The number of aromatic nitrogens is 2. The fourth-order valence-electron chi connectivity index (χ4n) is 3.85. The molecule has 174 valence electrons. The van der Waals surface area contributed by atoms with Gasteiger partial charge in [-0.3, -0.25) is 19.5 Å². The van der Waals surface area contributed by atoms with E-state index in [1.165, 1.54) is 4.88 Å². The van der Waals surface area contributed by atoms with Gasteiger partial charge in [-0.2, -0.15) is 0 Å². The predicted octanol–water partition coefficient (Wildman–Crippen LogP) is 3.66. The number of ether oxygens (including phenoxy) is 1. The van der Waals surface area contributed by atoms with Gasteiger partial charge in [-0.25, -0.2) is 9.78 Å². The van der Waals surface area contributed by atoms with Crippen LogP contribution in [0.2, 0.25) is 0 Å². The number of urea groups is 1. The average molecular weight is 487 g/mol.